The third-order valence-corrected chi connectivity index (χ3v) is 4.47. The first-order chi connectivity index (χ1) is 9.20. The Morgan fingerprint density at radius 2 is 1.84 bits per heavy atom. The lowest BCUT2D eigenvalue weighted by Gasteiger charge is -2.34. The summed E-state index contributed by atoms with van der Waals surface area (Å²) in [6.45, 7) is 2.18. The molecule has 2 saturated carbocycles. The number of hydrogen-bond acceptors (Lipinski definition) is 3. The maximum atomic E-state index is 12.2. The Balaban J connectivity index is 1.81. The smallest absolute Gasteiger partial charge is 0.236 e. The zero-order valence-electron chi connectivity index (χ0n) is 12.2. The molecule has 0 saturated heterocycles. The Bertz CT molecular complexity index is 286. The Labute approximate surface area is 116 Å². The Kier molecular flexibility index (Phi) is 5.64. The standard InChI is InChI=1S/C15H28N2O2/c1-16(11-13-7-8-13)15(19)12-17(9-10-18)14-5-3-2-4-6-14/h13-14,18H,2-12H2,1H3. The lowest BCUT2D eigenvalue weighted by atomic mass is 9.94. The van der Waals surface area contributed by atoms with Gasteiger partial charge >= 0.3 is 0 Å². The molecule has 0 atom stereocenters. The van der Waals surface area contributed by atoms with Crippen molar-refractivity contribution in [3.63, 3.8) is 0 Å². The molecular formula is C15H28N2O2. The van der Waals surface area contributed by atoms with Gasteiger partial charge in [-0.1, -0.05) is 19.3 Å². The summed E-state index contributed by atoms with van der Waals surface area (Å²) in [7, 11) is 1.92. The molecule has 2 aliphatic rings. The highest BCUT2D eigenvalue weighted by Crippen LogP contribution is 2.29. The zero-order valence-corrected chi connectivity index (χ0v) is 12.2. The molecule has 0 aromatic carbocycles. The Morgan fingerprint density at radius 1 is 1.16 bits per heavy atom. The predicted molar refractivity (Wildman–Crippen MR) is 75.9 cm³/mol. The van der Waals surface area contributed by atoms with Gasteiger partial charge in [0.15, 0.2) is 0 Å². The number of carbonyl (C=O) groups is 1. The van der Waals surface area contributed by atoms with Crippen LogP contribution in [0.25, 0.3) is 0 Å². The van der Waals surface area contributed by atoms with Crippen LogP contribution in [0.3, 0.4) is 0 Å². The van der Waals surface area contributed by atoms with Crippen molar-refractivity contribution < 1.29 is 9.90 Å². The Hall–Kier alpha value is -0.610. The van der Waals surface area contributed by atoms with Crippen LogP contribution in [0.2, 0.25) is 0 Å². The highest BCUT2D eigenvalue weighted by Gasteiger charge is 2.27. The lowest BCUT2D eigenvalue weighted by Crippen LogP contribution is -2.45. The lowest BCUT2D eigenvalue weighted by molar-refractivity contribution is -0.132. The molecular weight excluding hydrogens is 240 g/mol. The fourth-order valence-corrected chi connectivity index (χ4v) is 3.05. The average Bonchev–Trinajstić information content (AvgIpc) is 3.23. The second kappa shape index (κ2) is 7.25. The molecule has 1 amide bonds. The van der Waals surface area contributed by atoms with Crippen molar-refractivity contribution in [3.05, 3.63) is 0 Å². The topological polar surface area (TPSA) is 43.8 Å². The highest BCUT2D eigenvalue weighted by molar-refractivity contribution is 5.78. The summed E-state index contributed by atoms with van der Waals surface area (Å²) in [5.41, 5.74) is 0. The maximum Gasteiger partial charge on any atom is 0.236 e. The first-order valence-corrected chi connectivity index (χ1v) is 7.79. The number of carbonyl (C=O) groups excluding carboxylic acids is 1. The molecule has 2 aliphatic carbocycles. The third kappa shape index (κ3) is 4.77. The van der Waals surface area contributed by atoms with Gasteiger partial charge in [0, 0.05) is 26.2 Å². The minimum atomic E-state index is 0.149. The van der Waals surface area contributed by atoms with E-state index in [1.807, 2.05) is 11.9 Å². The summed E-state index contributed by atoms with van der Waals surface area (Å²) in [6, 6.07) is 0.499. The molecule has 110 valence electrons. The van der Waals surface area contributed by atoms with Gasteiger partial charge in [-0.15, -0.1) is 0 Å². The minimum Gasteiger partial charge on any atom is -0.395 e. The first-order valence-electron chi connectivity index (χ1n) is 7.79. The van der Waals surface area contributed by atoms with Crippen LogP contribution < -0.4 is 0 Å². The summed E-state index contributed by atoms with van der Waals surface area (Å²) in [5, 5.41) is 9.21. The van der Waals surface area contributed by atoms with E-state index in [9.17, 15) is 9.90 Å². The van der Waals surface area contributed by atoms with E-state index in [0.29, 0.717) is 19.1 Å². The van der Waals surface area contributed by atoms with Gasteiger partial charge in [0.1, 0.15) is 0 Å². The van der Waals surface area contributed by atoms with Gasteiger partial charge in [0.05, 0.1) is 13.2 Å². The van der Waals surface area contributed by atoms with Gasteiger partial charge in [-0.25, -0.2) is 0 Å². The fraction of sp³-hybridized carbons (Fsp3) is 0.933. The number of hydrogen-bond donors (Lipinski definition) is 1. The number of nitrogens with zero attached hydrogens (tertiary/aromatic N) is 2. The normalized spacial score (nSPS) is 20.8. The van der Waals surface area contributed by atoms with E-state index < -0.39 is 0 Å². The van der Waals surface area contributed by atoms with E-state index in [-0.39, 0.29) is 12.5 Å². The van der Waals surface area contributed by atoms with Crippen molar-refractivity contribution in [1.29, 1.82) is 0 Å². The van der Waals surface area contributed by atoms with E-state index in [1.54, 1.807) is 0 Å². The molecule has 2 rings (SSSR count). The van der Waals surface area contributed by atoms with Gasteiger partial charge in [-0.3, -0.25) is 9.69 Å². The van der Waals surface area contributed by atoms with Gasteiger partial charge in [-0.05, 0) is 31.6 Å². The van der Waals surface area contributed by atoms with Crippen molar-refractivity contribution >= 4 is 5.91 Å². The van der Waals surface area contributed by atoms with Crippen LogP contribution in [-0.4, -0.2) is 60.1 Å². The number of amides is 1. The van der Waals surface area contributed by atoms with Crippen LogP contribution in [0.1, 0.15) is 44.9 Å². The van der Waals surface area contributed by atoms with Crippen LogP contribution in [-0.2, 0) is 4.79 Å². The van der Waals surface area contributed by atoms with E-state index in [2.05, 4.69) is 4.90 Å². The van der Waals surface area contributed by atoms with Crippen LogP contribution in [0.5, 0.6) is 0 Å². The van der Waals surface area contributed by atoms with E-state index >= 15 is 0 Å². The summed E-state index contributed by atoms with van der Waals surface area (Å²) in [4.78, 5) is 16.3. The van der Waals surface area contributed by atoms with Gasteiger partial charge in [0.25, 0.3) is 0 Å². The monoisotopic (exact) mass is 268 g/mol. The van der Waals surface area contributed by atoms with Crippen molar-refractivity contribution in [2.75, 3.05) is 33.3 Å². The molecule has 0 aromatic heterocycles. The molecule has 0 radical (unpaired) electrons. The number of rotatable bonds is 7. The molecule has 0 bridgehead atoms. The predicted octanol–water partition coefficient (Wildman–Crippen LogP) is 1.48. The molecule has 2 fully saturated rings. The van der Waals surface area contributed by atoms with Crippen molar-refractivity contribution in [2.45, 2.75) is 51.0 Å². The summed E-state index contributed by atoms with van der Waals surface area (Å²) in [6.07, 6.45) is 8.76. The number of likely N-dealkylation sites (N-methyl/N-ethyl adjacent to an activating group) is 1. The van der Waals surface area contributed by atoms with Crippen molar-refractivity contribution in [1.82, 2.24) is 9.80 Å². The quantitative estimate of drug-likeness (QED) is 0.760. The summed E-state index contributed by atoms with van der Waals surface area (Å²) < 4.78 is 0. The molecule has 19 heavy (non-hydrogen) atoms. The molecule has 1 N–H and O–H groups in total. The van der Waals surface area contributed by atoms with E-state index in [4.69, 9.17) is 0 Å². The van der Waals surface area contributed by atoms with Crippen LogP contribution >= 0.6 is 0 Å². The second-order valence-corrected chi connectivity index (χ2v) is 6.20. The molecule has 0 heterocycles. The fourth-order valence-electron chi connectivity index (χ4n) is 3.05. The molecule has 0 aliphatic heterocycles. The average molecular weight is 268 g/mol. The van der Waals surface area contributed by atoms with Gasteiger partial charge in [-0.2, -0.15) is 0 Å². The van der Waals surface area contributed by atoms with E-state index in [0.717, 1.165) is 12.5 Å². The maximum absolute atomic E-state index is 12.2. The largest absolute Gasteiger partial charge is 0.395 e. The Morgan fingerprint density at radius 3 is 2.42 bits per heavy atom. The van der Waals surface area contributed by atoms with Crippen LogP contribution in [0, 0.1) is 5.92 Å². The van der Waals surface area contributed by atoms with E-state index in [1.165, 1.54) is 44.9 Å². The molecule has 4 nitrogen and oxygen atoms in total. The zero-order chi connectivity index (χ0) is 13.7. The summed E-state index contributed by atoms with van der Waals surface area (Å²) in [5.74, 6) is 0.959. The first kappa shape index (κ1) is 14.8. The van der Waals surface area contributed by atoms with Gasteiger partial charge < -0.3 is 10.0 Å². The molecule has 0 unspecified atom stereocenters. The molecule has 0 spiro atoms. The van der Waals surface area contributed by atoms with Crippen LogP contribution in [0.4, 0.5) is 0 Å². The second-order valence-electron chi connectivity index (χ2n) is 6.20. The third-order valence-electron chi connectivity index (χ3n) is 4.47. The summed E-state index contributed by atoms with van der Waals surface area (Å²) >= 11 is 0. The van der Waals surface area contributed by atoms with Gasteiger partial charge in [0.2, 0.25) is 5.91 Å². The molecule has 4 heteroatoms. The SMILES string of the molecule is CN(CC1CC1)C(=O)CN(CCO)C1CCCCC1. The highest BCUT2D eigenvalue weighted by atomic mass is 16.3. The van der Waals surface area contributed by atoms with Crippen LogP contribution in [0.15, 0.2) is 0 Å². The number of aliphatic hydroxyl groups is 1. The van der Waals surface area contributed by atoms with Crippen molar-refractivity contribution in [2.24, 2.45) is 5.92 Å². The van der Waals surface area contributed by atoms with Crippen molar-refractivity contribution in [3.8, 4) is 0 Å². The number of aliphatic hydroxyl groups excluding tert-OH is 1. The molecule has 0 aromatic rings. The minimum absolute atomic E-state index is 0.149.